The van der Waals surface area contributed by atoms with Crippen molar-refractivity contribution in [2.45, 2.75) is 26.7 Å². The van der Waals surface area contributed by atoms with Crippen LogP contribution in [0.3, 0.4) is 0 Å². The van der Waals surface area contributed by atoms with Crippen molar-refractivity contribution in [1.29, 1.82) is 0 Å². The molecule has 0 bridgehead atoms. The fraction of sp³-hybridized carbons (Fsp3) is 0.538. The van der Waals surface area contributed by atoms with E-state index in [1.807, 2.05) is 6.92 Å². The molecule has 0 fully saturated rings. The summed E-state index contributed by atoms with van der Waals surface area (Å²) < 4.78 is 0. The smallest absolute Gasteiger partial charge is 0.261 e. The van der Waals surface area contributed by atoms with E-state index in [0.717, 1.165) is 12.8 Å². The SMILES string of the molecule is CC(=O)Nc1ccc(C(=O)NCCCC(C)CO)s1. The molecule has 0 aliphatic rings. The highest BCUT2D eigenvalue weighted by Gasteiger charge is 2.09. The maximum absolute atomic E-state index is 11.8. The fourth-order valence-electron chi connectivity index (χ4n) is 1.53. The lowest BCUT2D eigenvalue weighted by molar-refractivity contribution is -0.114. The van der Waals surface area contributed by atoms with Crippen molar-refractivity contribution in [3.63, 3.8) is 0 Å². The monoisotopic (exact) mass is 284 g/mol. The minimum absolute atomic E-state index is 0.127. The molecule has 0 saturated heterocycles. The lowest BCUT2D eigenvalue weighted by Gasteiger charge is -2.07. The van der Waals surface area contributed by atoms with E-state index < -0.39 is 0 Å². The number of hydrogen-bond donors (Lipinski definition) is 3. The van der Waals surface area contributed by atoms with Crippen LogP contribution in [0.25, 0.3) is 0 Å². The predicted molar refractivity (Wildman–Crippen MR) is 76.4 cm³/mol. The summed E-state index contributed by atoms with van der Waals surface area (Å²) in [6, 6.07) is 3.41. The van der Waals surface area contributed by atoms with E-state index in [2.05, 4.69) is 10.6 Å². The fourth-order valence-corrected chi connectivity index (χ4v) is 2.40. The molecule has 3 N–H and O–H groups in total. The predicted octanol–water partition coefficient (Wildman–Crippen LogP) is 1.84. The average molecular weight is 284 g/mol. The van der Waals surface area contributed by atoms with E-state index in [0.29, 0.717) is 16.4 Å². The molecule has 106 valence electrons. The van der Waals surface area contributed by atoms with Crippen molar-refractivity contribution < 1.29 is 14.7 Å². The van der Waals surface area contributed by atoms with E-state index in [1.165, 1.54) is 18.3 Å². The highest BCUT2D eigenvalue weighted by molar-refractivity contribution is 7.18. The number of carbonyl (C=O) groups is 2. The van der Waals surface area contributed by atoms with Crippen LogP contribution in [0.15, 0.2) is 12.1 Å². The van der Waals surface area contributed by atoms with Gasteiger partial charge in [-0.3, -0.25) is 9.59 Å². The summed E-state index contributed by atoms with van der Waals surface area (Å²) in [4.78, 5) is 23.2. The molecular formula is C13H20N2O3S. The number of aliphatic hydroxyl groups is 1. The van der Waals surface area contributed by atoms with E-state index in [4.69, 9.17) is 5.11 Å². The molecule has 19 heavy (non-hydrogen) atoms. The standard InChI is InChI=1S/C13H20N2O3S/c1-9(8-16)4-3-7-14-13(18)11-5-6-12(19-11)15-10(2)17/h5-6,9,16H,3-4,7-8H2,1-2H3,(H,14,18)(H,15,17). The molecule has 1 aromatic rings. The van der Waals surface area contributed by atoms with Crippen LogP contribution in [0.2, 0.25) is 0 Å². The van der Waals surface area contributed by atoms with Crippen LogP contribution in [0, 0.1) is 5.92 Å². The molecule has 0 radical (unpaired) electrons. The third-order valence-electron chi connectivity index (χ3n) is 2.60. The van der Waals surface area contributed by atoms with Crippen molar-refractivity contribution in [1.82, 2.24) is 5.32 Å². The van der Waals surface area contributed by atoms with Crippen LogP contribution in [-0.4, -0.2) is 30.1 Å². The first-order valence-electron chi connectivity index (χ1n) is 6.29. The Morgan fingerprint density at radius 3 is 2.79 bits per heavy atom. The van der Waals surface area contributed by atoms with Gasteiger partial charge in [-0.1, -0.05) is 6.92 Å². The quantitative estimate of drug-likeness (QED) is 0.669. The summed E-state index contributed by atoms with van der Waals surface area (Å²) in [5.74, 6) is -0.00457. The van der Waals surface area contributed by atoms with Gasteiger partial charge in [-0.2, -0.15) is 0 Å². The second-order valence-corrected chi connectivity index (χ2v) is 5.61. The first kappa shape index (κ1) is 15.7. The summed E-state index contributed by atoms with van der Waals surface area (Å²) in [7, 11) is 0. The van der Waals surface area contributed by atoms with Gasteiger partial charge in [0.15, 0.2) is 0 Å². The van der Waals surface area contributed by atoms with Crippen LogP contribution in [-0.2, 0) is 4.79 Å². The highest BCUT2D eigenvalue weighted by Crippen LogP contribution is 2.21. The lowest BCUT2D eigenvalue weighted by atomic mass is 10.1. The van der Waals surface area contributed by atoms with Gasteiger partial charge in [0, 0.05) is 20.1 Å². The third-order valence-corrected chi connectivity index (χ3v) is 3.60. The van der Waals surface area contributed by atoms with Gasteiger partial charge in [0.25, 0.3) is 5.91 Å². The zero-order chi connectivity index (χ0) is 14.3. The Labute approximate surface area is 117 Å². The molecule has 1 rings (SSSR count). The molecule has 1 heterocycles. The van der Waals surface area contributed by atoms with Crippen LogP contribution in [0.5, 0.6) is 0 Å². The molecule has 0 aliphatic carbocycles. The van der Waals surface area contributed by atoms with E-state index in [1.54, 1.807) is 12.1 Å². The minimum atomic E-state index is -0.146. The van der Waals surface area contributed by atoms with Gasteiger partial charge in [0.2, 0.25) is 5.91 Å². The molecule has 1 atom stereocenters. The number of carbonyl (C=O) groups excluding carboxylic acids is 2. The third kappa shape index (κ3) is 5.85. The molecule has 6 heteroatoms. The number of thiophene rings is 1. The van der Waals surface area contributed by atoms with Gasteiger partial charge in [-0.15, -0.1) is 11.3 Å². The molecule has 0 aromatic carbocycles. The Bertz CT molecular complexity index is 431. The number of hydrogen-bond acceptors (Lipinski definition) is 4. The summed E-state index contributed by atoms with van der Waals surface area (Å²) in [5, 5.41) is 15.0. The molecule has 1 unspecified atom stereocenters. The van der Waals surface area contributed by atoms with Crippen LogP contribution in [0.4, 0.5) is 5.00 Å². The van der Waals surface area contributed by atoms with Crippen LogP contribution < -0.4 is 10.6 Å². The summed E-state index contributed by atoms with van der Waals surface area (Å²) in [5.41, 5.74) is 0. The van der Waals surface area contributed by atoms with Gasteiger partial charge in [-0.25, -0.2) is 0 Å². The Morgan fingerprint density at radius 2 is 2.16 bits per heavy atom. The summed E-state index contributed by atoms with van der Waals surface area (Å²) in [6.45, 7) is 4.18. The number of anilines is 1. The minimum Gasteiger partial charge on any atom is -0.396 e. The van der Waals surface area contributed by atoms with Crippen molar-refractivity contribution >= 4 is 28.2 Å². The zero-order valence-electron chi connectivity index (χ0n) is 11.2. The van der Waals surface area contributed by atoms with Crippen molar-refractivity contribution in [3.05, 3.63) is 17.0 Å². The van der Waals surface area contributed by atoms with Crippen molar-refractivity contribution in [2.75, 3.05) is 18.5 Å². The first-order valence-corrected chi connectivity index (χ1v) is 7.11. The highest BCUT2D eigenvalue weighted by atomic mass is 32.1. The van der Waals surface area contributed by atoms with Gasteiger partial charge < -0.3 is 15.7 Å². The number of amides is 2. The first-order chi connectivity index (χ1) is 9.02. The van der Waals surface area contributed by atoms with Gasteiger partial charge in [-0.05, 0) is 30.9 Å². The van der Waals surface area contributed by atoms with Gasteiger partial charge in [0.05, 0.1) is 9.88 Å². The molecular weight excluding hydrogens is 264 g/mol. The molecule has 0 spiro atoms. The van der Waals surface area contributed by atoms with E-state index >= 15 is 0 Å². The summed E-state index contributed by atoms with van der Waals surface area (Å²) >= 11 is 1.25. The Kier molecular flexibility index (Phi) is 6.52. The normalized spacial score (nSPS) is 11.9. The average Bonchev–Trinajstić information content (AvgIpc) is 2.81. The summed E-state index contributed by atoms with van der Waals surface area (Å²) in [6.07, 6.45) is 1.73. The molecule has 0 aliphatic heterocycles. The Morgan fingerprint density at radius 1 is 1.42 bits per heavy atom. The largest absolute Gasteiger partial charge is 0.396 e. The van der Waals surface area contributed by atoms with E-state index in [9.17, 15) is 9.59 Å². The Hall–Kier alpha value is -1.40. The molecule has 2 amide bonds. The van der Waals surface area contributed by atoms with Crippen molar-refractivity contribution in [2.24, 2.45) is 5.92 Å². The lowest BCUT2D eigenvalue weighted by Crippen LogP contribution is -2.24. The van der Waals surface area contributed by atoms with Crippen LogP contribution in [0.1, 0.15) is 36.4 Å². The Balaban J connectivity index is 2.33. The molecule has 0 saturated carbocycles. The van der Waals surface area contributed by atoms with E-state index in [-0.39, 0.29) is 24.3 Å². The molecule has 5 nitrogen and oxygen atoms in total. The topological polar surface area (TPSA) is 78.4 Å². The maximum atomic E-state index is 11.8. The number of aliphatic hydroxyl groups excluding tert-OH is 1. The molecule has 1 aromatic heterocycles. The van der Waals surface area contributed by atoms with Gasteiger partial charge in [0.1, 0.15) is 0 Å². The van der Waals surface area contributed by atoms with Crippen molar-refractivity contribution in [3.8, 4) is 0 Å². The second kappa shape index (κ2) is 7.91. The number of rotatable bonds is 7. The zero-order valence-corrected chi connectivity index (χ0v) is 12.0. The second-order valence-electron chi connectivity index (χ2n) is 4.53. The van der Waals surface area contributed by atoms with Gasteiger partial charge >= 0.3 is 0 Å². The number of nitrogens with one attached hydrogen (secondary N) is 2. The van der Waals surface area contributed by atoms with Crippen LogP contribution >= 0.6 is 11.3 Å². The maximum Gasteiger partial charge on any atom is 0.261 e.